The molecule has 0 aliphatic carbocycles. The lowest BCUT2D eigenvalue weighted by molar-refractivity contribution is 0.415. The topological polar surface area (TPSA) is 75.7 Å². The third-order valence-electron chi connectivity index (χ3n) is 4.48. The van der Waals surface area contributed by atoms with Gasteiger partial charge in [-0.1, -0.05) is 6.07 Å². The minimum atomic E-state index is 0.744. The van der Waals surface area contributed by atoms with Crippen molar-refractivity contribution in [3.63, 3.8) is 0 Å². The Balaban J connectivity index is 1.77. The molecule has 5 rings (SSSR count). The Labute approximate surface area is 148 Å². The van der Waals surface area contributed by atoms with Crippen LogP contribution in [0.25, 0.3) is 32.7 Å². The second-order valence-corrected chi connectivity index (χ2v) is 6.01. The summed E-state index contributed by atoms with van der Waals surface area (Å²) >= 11 is 0. The van der Waals surface area contributed by atoms with Gasteiger partial charge in [-0.3, -0.25) is 9.97 Å². The van der Waals surface area contributed by atoms with Gasteiger partial charge in [0.05, 0.1) is 18.8 Å². The van der Waals surface area contributed by atoms with Crippen LogP contribution in [0.2, 0.25) is 0 Å². The molecule has 26 heavy (non-hydrogen) atoms. The number of hydrogen-bond donors (Lipinski definition) is 2. The molecule has 0 fully saturated rings. The fourth-order valence-corrected chi connectivity index (χ4v) is 3.29. The molecule has 0 saturated carbocycles. The van der Waals surface area contributed by atoms with Crippen molar-refractivity contribution in [3.8, 4) is 5.75 Å². The quantitative estimate of drug-likeness (QED) is 0.508. The van der Waals surface area contributed by atoms with Crippen molar-refractivity contribution in [1.29, 1.82) is 0 Å². The first-order valence-corrected chi connectivity index (χ1v) is 8.24. The summed E-state index contributed by atoms with van der Waals surface area (Å²) in [7, 11) is 1.65. The number of benzene rings is 1. The molecule has 1 aromatic carbocycles. The number of rotatable bonds is 3. The van der Waals surface area contributed by atoms with Crippen LogP contribution in [0.3, 0.4) is 0 Å². The molecule has 6 nitrogen and oxygen atoms in total. The predicted octanol–water partition coefficient (Wildman–Crippen LogP) is 4.41. The van der Waals surface area contributed by atoms with Crippen LogP contribution in [0.5, 0.6) is 5.75 Å². The van der Waals surface area contributed by atoms with Crippen molar-refractivity contribution >= 4 is 44.2 Å². The Morgan fingerprint density at radius 1 is 0.962 bits per heavy atom. The molecule has 0 bridgehead atoms. The Morgan fingerprint density at radius 3 is 2.69 bits per heavy atom. The second kappa shape index (κ2) is 5.70. The molecule has 126 valence electrons. The first-order chi connectivity index (χ1) is 12.8. The van der Waals surface area contributed by atoms with Crippen molar-refractivity contribution in [1.82, 2.24) is 19.9 Å². The normalized spacial score (nSPS) is 11.3. The van der Waals surface area contributed by atoms with Crippen LogP contribution in [-0.4, -0.2) is 27.0 Å². The van der Waals surface area contributed by atoms with E-state index >= 15 is 0 Å². The van der Waals surface area contributed by atoms with Crippen molar-refractivity contribution in [3.05, 3.63) is 61.2 Å². The van der Waals surface area contributed by atoms with Crippen LogP contribution in [0.1, 0.15) is 0 Å². The smallest absolute Gasteiger partial charge is 0.142 e. The number of aromatic nitrogens is 4. The molecule has 0 spiro atoms. The van der Waals surface area contributed by atoms with Gasteiger partial charge in [-0.05, 0) is 24.3 Å². The third-order valence-corrected chi connectivity index (χ3v) is 4.48. The van der Waals surface area contributed by atoms with E-state index in [9.17, 15) is 0 Å². The molecule has 0 amide bonds. The molecule has 0 saturated heterocycles. The van der Waals surface area contributed by atoms with Crippen LogP contribution in [0, 0.1) is 0 Å². The monoisotopic (exact) mass is 341 g/mol. The lowest BCUT2D eigenvalue weighted by atomic mass is 10.1. The van der Waals surface area contributed by atoms with Gasteiger partial charge in [0.2, 0.25) is 0 Å². The zero-order chi connectivity index (χ0) is 17.5. The summed E-state index contributed by atoms with van der Waals surface area (Å²) in [5.41, 5.74) is 2.68. The average Bonchev–Trinajstić information content (AvgIpc) is 3.06. The van der Waals surface area contributed by atoms with Gasteiger partial charge in [0.1, 0.15) is 17.2 Å². The highest BCUT2D eigenvalue weighted by atomic mass is 16.5. The summed E-state index contributed by atoms with van der Waals surface area (Å²) in [6, 6.07) is 11.8. The Kier molecular flexibility index (Phi) is 3.21. The highest BCUT2D eigenvalue weighted by Gasteiger charge is 2.13. The molecule has 0 atom stereocenters. The molecule has 0 unspecified atom stereocenters. The van der Waals surface area contributed by atoms with Gasteiger partial charge in [-0.15, -0.1) is 0 Å². The first kappa shape index (κ1) is 14.7. The number of aromatic amines is 1. The maximum Gasteiger partial charge on any atom is 0.142 e. The molecule has 5 aromatic rings. The summed E-state index contributed by atoms with van der Waals surface area (Å²) in [5, 5.41) is 7.62. The van der Waals surface area contributed by atoms with E-state index in [0.29, 0.717) is 0 Å². The van der Waals surface area contributed by atoms with Gasteiger partial charge < -0.3 is 15.0 Å². The number of anilines is 2. The standard InChI is InChI=1S/C20H15N5O/c1-26-13-4-2-3-12(9-13)23-19-16-10-21-7-5-14(16)18-15-6-8-22-11-17(15)24-20(18)25-19/h2-11H,1H3,(H2,23,24,25). The van der Waals surface area contributed by atoms with Crippen LogP contribution in [0.15, 0.2) is 61.2 Å². The summed E-state index contributed by atoms with van der Waals surface area (Å²) in [4.78, 5) is 16.7. The number of hydrogen-bond acceptors (Lipinski definition) is 5. The van der Waals surface area contributed by atoms with Crippen molar-refractivity contribution in [2.45, 2.75) is 0 Å². The van der Waals surface area contributed by atoms with E-state index in [4.69, 9.17) is 9.72 Å². The molecule has 4 heterocycles. The first-order valence-electron chi connectivity index (χ1n) is 8.24. The largest absolute Gasteiger partial charge is 0.497 e. The molecule has 6 heteroatoms. The van der Waals surface area contributed by atoms with Crippen molar-refractivity contribution in [2.75, 3.05) is 12.4 Å². The van der Waals surface area contributed by atoms with E-state index in [0.717, 1.165) is 50.0 Å². The van der Waals surface area contributed by atoms with Crippen molar-refractivity contribution in [2.24, 2.45) is 0 Å². The number of nitrogens with zero attached hydrogens (tertiary/aromatic N) is 3. The van der Waals surface area contributed by atoms with E-state index in [-0.39, 0.29) is 0 Å². The number of ether oxygens (including phenoxy) is 1. The average molecular weight is 341 g/mol. The molecule has 2 N–H and O–H groups in total. The van der Waals surface area contributed by atoms with Gasteiger partial charge in [0.25, 0.3) is 0 Å². The summed E-state index contributed by atoms with van der Waals surface area (Å²) in [6.45, 7) is 0. The minimum Gasteiger partial charge on any atom is -0.497 e. The van der Waals surface area contributed by atoms with E-state index in [1.807, 2.05) is 48.8 Å². The lowest BCUT2D eigenvalue weighted by Crippen LogP contribution is -1.96. The molecule has 0 radical (unpaired) electrons. The fourth-order valence-electron chi connectivity index (χ4n) is 3.29. The van der Waals surface area contributed by atoms with Gasteiger partial charge in [-0.2, -0.15) is 0 Å². The summed E-state index contributed by atoms with van der Waals surface area (Å²) in [5.74, 6) is 1.53. The zero-order valence-corrected chi connectivity index (χ0v) is 14.0. The zero-order valence-electron chi connectivity index (χ0n) is 14.0. The summed E-state index contributed by atoms with van der Waals surface area (Å²) < 4.78 is 5.30. The number of nitrogens with one attached hydrogen (secondary N) is 2. The predicted molar refractivity (Wildman–Crippen MR) is 103 cm³/mol. The van der Waals surface area contributed by atoms with E-state index in [2.05, 4.69) is 20.3 Å². The maximum atomic E-state index is 5.30. The highest BCUT2D eigenvalue weighted by molar-refractivity contribution is 6.20. The number of fused-ring (bicyclic) bond motifs is 5. The molecule has 4 aromatic heterocycles. The fraction of sp³-hybridized carbons (Fsp3) is 0.0500. The summed E-state index contributed by atoms with van der Waals surface area (Å²) in [6.07, 6.45) is 7.26. The third kappa shape index (κ3) is 2.23. The maximum absolute atomic E-state index is 5.30. The van der Waals surface area contributed by atoms with Gasteiger partial charge >= 0.3 is 0 Å². The van der Waals surface area contributed by atoms with Crippen LogP contribution < -0.4 is 10.1 Å². The molecular weight excluding hydrogens is 326 g/mol. The number of H-pyrrole nitrogens is 1. The van der Waals surface area contributed by atoms with Crippen LogP contribution >= 0.6 is 0 Å². The Bertz CT molecular complexity index is 1260. The van der Waals surface area contributed by atoms with E-state index in [1.54, 1.807) is 19.5 Å². The van der Waals surface area contributed by atoms with Crippen LogP contribution in [0.4, 0.5) is 11.5 Å². The number of pyridine rings is 3. The van der Waals surface area contributed by atoms with Crippen molar-refractivity contribution < 1.29 is 4.74 Å². The Morgan fingerprint density at radius 2 is 1.81 bits per heavy atom. The molecule has 0 aliphatic heterocycles. The molecular formula is C20H15N5O. The number of methoxy groups -OCH3 is 1. The Hall–Kier alpha value is -3.67. The van der Waals surface area contributed by atoms with E-state index in [1.165, 1.54) is 0 Å². The molecule has 0 aliphatic rings. The van der Waals surface area contributed by atoms with E-state index < -0.39 is 0 Å². The SMILES string of the molecule is COc1cccc(Nc2nc3[nH]c4cnccc4c3c3ccncc23)c1. The highest BCUT2D eigenvalue weighted by Crippen LogP contribution is 2.34. The van der Waals surface area contributed by atoms with Crippen LogP contribution in [-0.2, 0) is 0 Å². The van der Waals surface area contributed by atoms with Gasteiger partial charge in [0, 0.05) is 51.9 Å². The lowest BCUT2D eigenvalue weighted by Gasteiger charge is -2.10. The minimum absolute atomic E-state index is 0.744. The van der Waals surface area contributed by atoms with Gasteiger partial charge in [-0.25, -0.2) is 4.98 Å². The van der Waals surface area contributed by atoms with Gasteiger partial charge in [0.15, 0.2) is 0 Å². The second-order valence-electron chi connectivity index (χ2n) is 6.01.